The van der Waals surface area contributed by atoms with Gasteiger partial charge in [-0.1, -0.05) is 32.0 Å². The largest absolute Gasteiger partial charge is 0.481 e. The summed E-state index contributed by atoms with van der Waals surface area (Å²) >= 11 is 0. The number of carboxylic acids is 1. The van der Waals surface area contributed by atoms with Gasteiger partial charge < -0.3 is 10.4 Å². The number of rotatable bonds is 6. The van der Waals surface area contributed by atoms with Crippen LogP contribution in [-0.4, -0.2) is 23.0 Å². The summed E-state index contributed by atoms with van der Waals surface area (Å²) in [5, 5.41) is 13.3. The summed E-state index contributed by atoms with van der Waals surface area (Å²) in [6.45, 7) is 3.96. The molecule has 0 atom stereocenters. The molecule has 0 bridgehead atoms. The predicted molar refractivity (Wildman–Crippen MR) is 79.2 cm³/mol. The highest BCUT2D eigenvalue weighted by molar-refractivity contribution is 6.02. The number of carbonyl (C=O) groups is 3. The average Bonchev–Trinajstić information content (AvgIpc) is 2.45. The second-order valence-corrected chi connectivity index (χ2v) is 4.55. The first-order valence-electron chi connectivity index (χ1n) is 6.91. The minimum atomic E-state index is -1.07. The summed E-state index contributed by atoms with van der Waals surface area (Å²) < 4.78 is 0. The van der Waals surface area contributed by atoms with Gasteiger partial charge in [0.2, 0.25) is 5.91 Å². The van der Waals surface area contributed by atoms with E-state index in [1.54, 1.807) is 0 Å². The zero-order valence-corrected chi connectivity index (χ0v) is 12.2. The molecule has 0 unspecified atom stereocenters. The van der Waals surface area contributed by atoms with Gasteiger partial charge in [0.15, 0.2) is 0 Å². The van der Waals surface area contributed by atoms with Crippen molar-refractivity contribution in [2.24, 2.45) is 0 Å². The number of hydrogen-bond acceptors (Lipinski definition) is 3. The molecule has 0 aliphatic carbocycles. The van der Waals surface area contributed by atoms with Crippen molar-refractivity contribution in [1.29, 1.82) is 0 Å². The number of carboxylic acid groups (broad SMARTS) is 1. The molecule has 0 saturated heterocycles. The smallest absolute Gasteiger partial charge is 0.325 e. The minimum Gasteiger partial charge on any atom is -0.481 e. The Balaban J connectivity index is 2.70. The maximum Gasteiger partial charge on any atom is 0.325 e. The van der Waals surface area contributed by atoms with Crippen molar-refractivity contribution >= 4 is 23.6 Å². The van der Waals surface area contributed by atoms with Crippen LogP contribution < -0.4 is 10.6 Å². The Labute approximate surface area is 123 Å². The molecule has 114 valence electrons. The van der Waals surface area contributed by atoms with E-state index < -0.39 is 17.9 Å². The zero-order valence-electron chi connectivity index (χ0n) is 12.2. The summed E-state index contributed by atoms with van der Waals surface area (Å²) in [6, 6.07) is 5.13. The van der Waals surface area contributed by atoms with Gasteiger partial charge in [-0.05, 0) is 24.0 Å². The first-order valence-corrected chi connectivity index (χ1v) is 6.91. The van der Waals surface area contributed by atoms with E-state index >= 15 is 0 Å². The number of aryl methyl sites for hydroxylation is 2. The van der Waals surface area contributed by atoms with Gasteiger partial charge in [0.25, 0.3) is 0 Å². The molecule has 0 aromatic heterocycles. The Bertz CT molecular complexity index is 518. The van der Waals surface area contributed by atoms with E-state index in [1.807, 2.05) is 32.0 Å². The van der Waals surface area contributed by atoms with Crippen molar-refractivity contribution < 1.29 is 19.5 Å². The second kappa shape index (κ2) is 8.04. The summed E-state index contributed by atoms with van der Waals surface area (Å²) in [5.41, 5.74) is 2.69. The molecule has 21 heavy (non-hydrogen) atoms. The van der Waals surface area contributed by atoms with Crippen LogP contribution in [0.5, 0.6) is 0 Å². The molecule has 1 aromatic carbocycles. The van der Waals surface area contributed by atoms with Gasteiger partial charge in [0, 0.05) is 12.1 Å². The number of nitrogens with one attached hydrogen (secondary N) is 2. The van der Waals surface area contributed by atoms with Gasteiger partial charge in [0.05, 0.1) is 6.42 Å². The first kappa shape index (κ1) is 16.7. The van der Waals surface area contributed by atoms with Crippen LogP contribution in [0.15, 0.2) is 18.2 Å². The third kappa shape index (κ3) is 5.25. The van der Waals surface area contributed by atoms with Gasteiger partial charge in [-0.25, -0.2) is 4.79 Å². The molecule has 0 spiro atoms. The third-order valence-corrected chi connectivity index (χ3v) is 3.06. The molecule has 1 rings (SSSR count). The Morgan fingerprint density at radius 2 is 1.62 bits per heavy atom. The number of urea groups is 1. The highest BCUT2D eigenvalue weighted by atomic mass is 16.4. The normalized spacial score (nSPS) is 10.0. The molecule has 6 heteroatoms. The van der Waals surface area contributed by atoms with Crippen molar-refractivity contribution in [3.8, 4) is 0 Å². The van der Waals surface area contributed by atoms with Crippen LogP contribution in [0.25, 0.3) is 0 Å². The SMILES string of the molecule is CCc1cccc(CC)c1NC(=O)NC(=O)CCC(=O)O. The molecule has 1 aromatic rings. The Kier molecular flexibility index (Phi) is 6.39. The summed E-state index contributed by atoms with van der Waals surface area (Å²) in [6.07, 6.45) is 0.997. The number of carbonyl (C=O) groups excluding carboxylic acids is 2. The van der Waals surface area contributed by atoms with Crippen molar-refractivity contribution in [3.63, 3.8) is 0 Å². The monoisotopic (exact) mass is 292 g/mol. The molecule has 6 nitrogen and oxygen atoms in total. The molecule has 0 aliphatic heterocycles. The fourth-order valence-corrected chi connectivity index (χ4v) is 1.96. The van der Waals surface area contributed by atoms with Gasteiger partial charge in [-0.3, -0.25) is 14.9 Å². The summed E-state index contributed by atoms with van der Waals surface area (Å²) in [7, 11) is 0. The number of aliphatic carboxylic acids is 1. The number of amides is 3. The van der Waals surface area contributed by atoms with Crippen molar-refractivity contribution in [3.05, 3.63) is 29.3 Å². The fraction of sp³-hybridized carbons (Fsp3) is 0.400. The fourth-order valence-electron chi connectivity index (χ4n) is 1.96. The van der Waals surface area contributed by atoms with Crippen molar-refractivity contribution in [2.75, 3.05) is 5.32 Å². The number of imide groups is 1. The number of benzene rings is 1. The first-order chi connectivity index (χ1) is 9.97. The maximum absolute atomic E-state index is 11.8. The van der Waals surface area contributed by atoms with Crippen molar-refractivity contribution in [2.45, 2.75) is 39.5 Å². The molecule has 3 amide bonds. The Hall–Kier alpha value is -2.37. The van der Waals surface area contributed by atoms with E-state index in [0.717, 1.165) is 24.0 Å². The lowest BCUT2D eigenvalue weighted by molar-refractivity contribution is -0.138. The Morgan fingerprint density at radius 1 is 1.05 bits per heavy atom. The van der Waals surface area contributed by atoms with Gasteiger partial charge in [-0.15, -0.1) is 0 Å². The second-order valence-electron chi connectivity index (χ2n) is 4.55. The molecule has 3 N–H and O–H groups in total. The number of para-hydroxylation sites is 1. The van der Waals surface area contributed by atoms with Gasteiger partial charge in [0.1, 0.15) is 0 Å². The number of anilines is 1. The van der Waals surface area contributed by atoms with Gasteiger partial charge >= 0.3 is 12.0 Å². The highest BCUT2D eigenvalue weighted by Gasteiger charge is 2.13. The van der Waals surface area contributed by atoms with E-state index in [0.29, 0.717) is 5.69 Å². The van der Waals surface area contributed by atoms with Crippen LogP contribution in [0, 0.1) is 0 Å². The summed E-state index contributed by atoms with van der Waals surface area (Å²) in [5.74, 6) is -1.68. The quantitative estimate of drug-likeness (QED) is 0.749. The molecule has 0 saturated carbocycles. The van der Waals surface area contributed by atoms with E-state index in [9.17, 15) is 14.4 Å². The number of hydrogen-bond donors (Lipinski definition) is 3. The predicted octanol–water partition coefficient (Wildman–Crippen LogP) is 2.32. The molecule has 0 aliphatic rings. The topological polar surface area (TPSA) is 95.5 Å². The van der Waals surface area contributed by atoms with E-state index in [-0.39, 0.29) is 12.8 Å². The van der Waals surface area contributed by atoms with Crippen LogP contribution in [0.4, 0.5) is 10.5 Å². The molecule has 0 fully saturated rings. The average molecular weight is 292 g/mol. The van der Waals surface area contributed by atoms with E-state index in [1.165, 1.54) is 0 Å². The molecular weight excluding hydrogens is 272 g/mol. The van der Waals surface area contributed by atoms with Crippen molar-refractivity contribution in [1.82, 2.24) is 5.32 Å². The zero-order chi connectivity index (χ0) is 15.8. The Morgan fingerprint density at radius 3 is 2.10 bits per heavy atom. The van der Waals surface area contributed by atoms with Crippen LogP contribution in [0.3, 0.4) is 0 Å². The van der Waals surface area contributed by atoms with Crippen LogP contribution in [0.1, 0.15) is 37.8 Å². The lowest BCUT2D eigenvalue weighted by atomic mass is 10.0. The standard InChI is InChI=1S/C15H20N2O4/c1-3-10-6-5-7-11(4-2)14(10)17-15(21)16-12(18)8-9-13(19)20/h5-7H,3-4,8-9H2,1-2H3,(H,19,20)(H2,16,17,18,21). The van der Waals surface area contributed by atoms with E-state index in [2.05, 4.69) is 10.6 Å². The summed E-state index contributed by atoms with van der Waals surface area (Å²) in [4.78, 5) is 33.6. The molecule has 0 heterocycles. The van der Waals surface area contributed by atoms with E-state index in [4.69, 9.17) is 5.11 Å². The van der Waals surface area contributed by atoms with Crippen LogP contribution in [0.2, 0.25) is 0 Å². The van der Waals surface area contributed by atoms with Crippen LogP contribution in [-0.2, 0) is 22.4 Å². The third-order valence-electron chi connectivity index (χ3n) is 3.06. The lowest BCUT2D eigenvalue weighted by Gasteiger charge is -2.14. The maximum atomic E-state index is 11.8. The van der Waals surface area contributed by atoms with Crippen LogP contribution >= 0.6 is 0 Å². The minimum absolute atomic E-state index is 0.223. The highest BCUT2D eigenvalue weighted by Crippen LogP contribution is 2.22. The lowest BCUT2D eigenvalue weighted by Crippen LogP contribution is -2.35. The molecular formula is C15H20N2O4. The van der Waals surface area contributed by atoms with Gasteiger partial charge in [-0.2, -0.15) is 0 Å². The molecule has 0 radical (unpaired) electrons.